The zero-order valence-electron chi connectivity index (χ0n) is 10.5. The molecule has 0 aromatic heterocycles. The van der Waals surface area contributed by atoms with E-state index in [1.165, 1.54) is 13.8 Å². The number of ether oxygens (including phenoxy) is 2. The molecule has 18 heavy (non-hydrogen) atoms. The summed E-state index contributed by atoms with van der Waals surface area (Å²) >= 11 is 0. The molecule has 0 amide bonds. The summed E-state index contributed by atoms with van der Waals surface area (Å²) in [4.78, 5) is 21.4. The van der Waals surface area contributed by atoms with E-state index in [-0.39, 0.29) is 24.6 Å². The van der Waals surface area contributed by atoms with E-state index in [9.17, 15) is 9.59 Å². The number of benzene rings is 1. The van der Waals surface area contributed by atoms with Gasteiger partial charge in [0, 0.05) is 19.9 Å². The molecule has 0 saturated carbocycles. The number of carbonyl (C=O) groups excluding carboxylic acids is 2. The molecule has 0 unspecified atom stereocenters. The molecule has 0 fully saturated rings. The molecule has 0 bridgehead atoms. The monoisotopic (exact) mass is 251 g/mol. The van der Waals surface area contributed by atoms with Crippen LogP contribution in [0, 0.1) is 0 Å². The molecule has 0 heterocycles. The topological polar surface area (TPSA) is 78.6 Å². The van der Waals surface area contributed by atoms with E-state index in [1.807, 2.05) is 12.1 Å². The van der Waals surface area contributed by atoms with E-state index in [2.05, 4.69) is 0 Å². The third kappa shape index (κ3) is 5.45. The third-order valence-corrected chi connectivity index (χ3v) is 2.18. The molecule has 0 aliphatic heterocycles. The van der Waals surface area contributed by atoms with Gasteiger partial charge in [0.15, 0.2) is 0 Å². The molecule has 0 saturated heterocycles. The van der Waals surface area contributed by atoms with Crippen LogP contribution >= 0.6 is 0 Å². The molecule has 1 atom stereocenters. The fourth-order valence-corrected chi connectivity index (χ4v) is 1.45. The SMILES string of the molecule is CC(=O)OC[C@@H](N)Cc1ccc(OC(C)=O)cc1. The average Bonchev–Trinajstić information content (AvgIpc) is 2.28. The van der Waals surface area contributed by atoms with E-state index in [0.717, 1.165) is 5.56 Å². The first kappa shape index (κ1) is 14.2. The van der Waals surface area contributed by atoms with Gasteiger partial charge in [-0.25, -0.2) is 0 Å². The summed E-state index contributed by atoms with van der Waals surface area (Å²) < 4.78 is 9.73. The molecule has 5 heteroatoms. The van der Waals surface area contributed by atoms with Crippen molar-refractivity contribution in [2.75, 3.05) is 6.61 Å². The Balaban J connectivity index is 2.47. The predicted molar refractivity (Wildman–Crippen MR) is 66.1 cm³/mol. The number of esters is 2. The molecule has 0 spiro atoms. The summed E-state index contributed by atoms with van der Waals surface area (Å²) in [5.74, 6) is -0.190. The molecular weight excluding hydrogens is 234 g/mol. The lowest BCUT2D eigenvalue weighted by Gasteiger charge is -2.11. The predicted octanol–water partition coefficient (Wildman–Crippen LogP) is 1.04. The number of carbonyl (C=O) groups is 2. The van der Waals surface area contributed by atoms with Crippen molar-refractivity contribution in [1.82, 2.24) is 0 Å². The Morgan fingerprint density at radius 2 is 1.78 bits per heavy atom. The van der Waals surface area contributed by atoms with Gasteiger partial charge in [-0.2, -0.15) is 0 Å². The maximum atomic E-state index is 10.7. The summed E-state index contributed by atoms with van der Waals surface area (Å²) in [7, 11) is 0. The molecule has 98 valence electrons. The van der Waals surface area contributed by atoms with Crippen LogP contribution in [0.15, 0.2) is 24.3 Å². The van der Waals surface area contributed by atoms with E-state index >= 15 is 0 Å². The van der Waals surface area contributed by atoms with Crippen LogP contribution in [-0.4, -0.2) is 24.6 Å². The Bertz CT molecular complexity index is 414. The van der Waals surface area contributed by atoms with Gasteiger partial charge in [-0.3, -0.25) is 9.59 Å². The summed E-state index contributed by atoms with van der Waals surface area (Å²) in [6, 6.07) is 6.82. The fourth-order valence-electron chi connectivity index (χ4n) is 1.45. The van der Waals surface area contributed by atoms with Crippen molar-refractivity contribution >= 4 is 11.9 Å². The number of nitrogens with two attached hydrogens (primary N) is 1. The Kier molecular flexibility index (Phi) is 5.32. The molecule has 2 N–H and O–H groups in total. The van der Waals surface area contributed by atoms with Gasteiger partial charge in [0.25, 0.3) is 0 Å². The Labute approximate surface area is 106 Å². The van der Waals surface area contributed by atoms with Crippen molar-refractivity contribution in [3.8, 4) is 5.75 Å². The number of hydrogen-bond donors (Lipinski definition) is 1. The zero-order valence-corrected chi connectivity index (χ0v) is 10.5. The lowest BCUT2D eigenvalue weighted by molar-refractivity contribution is -0.141. The highest BCUT2D eigenvalue weighted by Crippen LogP contribution is 2.13. The lowest BCUT2D eigenvalue weighted by atomic mass is 10.1. The van der Waals surface area contributed by atoms with E-state index in [4.69, 9.17) is 15.2 Å². The van der Waals surface area contributed by atoms with Crippen molar-refractivity contribution in [2.24, 2.45) is 5.73 Å². The van der Waals surface area contributed by atoms with Crippen LogP contribution < -0.4 is 10.5 Å². The van der Waals surface area contributed by atoms with Gasteiger partial charge >= 0.3 is 11.9 Å². The van der Waals surface area contributed by atoms with Crippen LogP contribution in [0.4, 0.5) is 0 Å². The van der Waals surface area contributed by atoms with Crippen molar-refractivity contribution in [3.05, 3.63) is 29.8 Å². The van der Waals surface area contributed by atoms with Gasteiger partial charge in [-0.15, -0.1) is 0 Å². The highest BCUT2D eigenvalue weighted by atomic mass is 16.5. The number of rotatable bonds is 5. The molecule has 1 aromatic rings. The summed E-state index contributed by atoms with van der Waals surface area (Å²) in [6.07, 6.45) is 0.591. The second-order valence-corrected chi connectivity index (χ2v) is 4.00. The first-order valence-electron chi connectivity index (χ1n) is 5.63. The van der Waals surface area contributed by atoms with Crippen molar-refractivity contribution in [1.29, 1.82) is 0 Å². The van der Waals surface area contributed by atoms with Gasteiger partial charge < -0.3 is 15.2 Å². The van der Waals surface area contributed by atoms with Crippen LogP contribution in [0.1, 0.15) is 19.4 Å². The summed E-state index contributed by atoms with van der Waals surface area (Å²) in [5, 5.41) is 0. The van der Waals surface area contributed by atoms with Crippen LogP contribution in [0.2, 0.25) is 0 Å². The normalized spacial score (nSPS) is 11.7. The first-order valence-corrected chi connectivity index (χ1v) is 5.63. The third-order valence-electron chi connectivity index (χ3n) is 2.18. The molecular formula is C13H17NO4. The molecule has 1 aromatic carbocycles. The minimum atomic E-state index is -0.352. The van der Waals surface area contributed by atoms with Crippen LogP contribution in [-0.2, 0) is 20.7 Å². The van der Waals surface area contributed by atoms with Crippen molar-refractivity contribution in [2.45, 2.75) is 26.3 Å². The van der Waals surface area contributed by atoms with E-state index < -0.39 is 0 Å². The second-order valence-electron chi connectivity index (χ2n) is 4.00. The maximum Gasteiger partial charge on any atom is 0.308 e. The smallest absolute Gasteiger partial charge is 0.308 e. The lowest BCUT2D eigenvalue weighted by Crippen LogP contribution is -2.29. The van der Waals surface area contributed by atoms with Gasteiger partial charge in [0.1, 0.15) is 12.4 Å². The quantitative estimate of drug-likeness (QED) is 0.625. The van der Waals surface area contributed by atoms with E-state index in [1.54, 1.807) is 12.1 Å². The van der Waals surface area contributed by atoms with Crippen LogP contribution in [0.5, 0.6) is 5.75 Å². The average molecular weight is 251 g/mol. The highest BCUT2D eigenvalue weighted by molar-refractivity contribution is 5.69. The standard InChI is InChI=1S/C13H17NO4/c1-9(15)17-8-12(14)7-11-3-5-13(6-4-11)18-10(2)16/h3-6,12H,7-8,14H2,1-2H3/t12-/m0/s1. The first-order chi connectivity index (χ1) is 8.47. The van der Waals surface area contributed by atoms with Crippen LogP contribution in [0.25, 0.3) is 0 Å². The molecule has 0 radical (unpaired) electrons. The number of hydrogen-bond acceptors (Lipinski definition) is 5. The minimum Gasteiger partial charge on any atom is -0.464 e. The van der Waals surface area contributed by atoms with E-state index in [0.29, 0.717) is 12.2 Å². The Morgan fingerprint density at radius 3 is 2.28 bits per heavy atom. The maximum absolute atomic E-state index is 10.7. The fraction of sp³-hybridized carbons (Fsp3) is 0.385. The Hall–Kier alpha value is -1.88. The minimum absolute atomic E-state index is 0.195. The summed E-state index contributed by atoms with van der Waals surface area (Å²) in [5.41, 5.74) is 6.80. The van der Waals surface area contributed by atoms with Crippen LogP contribution in [0.3, 0.4) is 0 Å². The molecule has 0 aliphatic rings. The zero-order chi connectivity index (χ0) is 13.5. The molecule has 5 nitrogen and oxygen atoms in total. The van der Waals surface area contributed by atoms with Gasteiger partial charge in [-0.1, -0.05) is 12.1 Å². The van der Waals surface area contributed by atoms with Gasteiger partial charge in [-0.05, 0) is 24.1 Å². The summed E-state index contributed by atoms with van der Waals surface area (Å²) in [6.45, 7) is 2.89. The second kappa shape index (κ2) is 6.76. The van der Waals surface area contributed by atoms with Crippen molar-refractivity contribution in [3.63, 3.8) is 0 Å². The molecule has 0 aliphatic carbocycles. The van der Waals surface area contributed by atoms with Gasteiger partial charge in [0.05, 0.1) is 0 Å². The van der Waals surface area contributed by atoms with Gasteiger partial charge in [0.2, 0.25) is 0 Å². The Morgan fingerprint density at radius 1 is 1.17 bits per heavy atom. The van der Waals surface area contributed by atoms with Crippen molar-refractivity contribution < 1.29 is 19.1 Å². The highest BCUT2D eigenvalue weighted by Gasteiger charge is 2.06. The largest absolute Gasteiger partial charge is 0.464 e. The molecule has 1 rings (SSSR count).